The molecule has 0 N–H and O–H groups in total. The second-order valence-electron chi connectivity index (χ2n) is 4.47. The Morgan fingerprint density at radius 3 is 2.07 bits per heavy atom. The van der Waals surface area contributed by atoms with E-state index in [4.69, 9.17) is 0 Å². The number of halogens is 4. The van der Waals surface area contributed by atoms with Crippen molar-refractivity contribution >= 4 is 0 Å². The second-order valence-corrected chi connectivity index (χ2v) is 4.47. The topological polar surface area (TPSA) is 0 Å². The first-order valence-corrected chi connectivity index (χ1v) is 4.31. The lowest BCUT2D eigenvalue weighted by molar-refractivity contribution is 0.121. The minimum Gasteiger partial charge on any atom is -0.239 e. The van der Waals surface area contributed by atoms with E-state index in [-0.39, 0.29) is 6.08 Å². The maximum atomic E-state index is 13.3. The molecule has 0 aliphatic heterocycles. The zero-order chi connectivity index (χ0) is 11.1. The second kappa shape index (κ2) is 3.41. The molecule has 0 aromatic carbocycles. The normalized spacial score (nSPS) is 29.2. The molecule has 0 heterocycles. The summed E-state index contributed by atoms with van der Waals surface area (Å²) in [4.78, 5) is 0. The zero-order valence-corrected chi connectivity index (χ0v) is 8.24. The van der Waals surface area contributed by atoms with Gasteiger partial charge < -0.3 is 0 Å². The summed E-state index contributed by atoms with van der Waals surface area (Å²) in [6.07, 6.45) is -1.82. The summed E-state index contributed by atoms with van der Waals surface area (Å²) in [5.74, 6) is -5.14. The molecule has 0 nitrogen and oxygen atoms in total. The van der Waals surface area contributed by atoms with Gasteiger partial charge in [0.1, 0.15) is 11.7 Å². The highest BCUT2D eigenvalue weighted by Crippen LogP contribution is 2.44. The van der Waals surface area contributed by atoms with Crippen LogP contribution >= 0.6 is 0 Å². The first-order chi connectivity index (χ1) is 6.25. The Morgan fingerprint density at radius 1 is 1.14 bits per heavy atom. The molecule has 2 unspecified atom stereocenters. The lowest BCUT2D eigenvalue weighted by Gasteiger charge is -2.33. The van der Waals surface area contributed by atoms with Crippen molar-refractivity contribution in [2.24, 2.45) is 11.3 Å². The van der Waals surface area contributed by atoms with Crippen molar-refractivity contribution in [1.82, 2.24) is 0 Å². The van der Waals surface area contributed by atoms with Crippen molar-refractivity contribution in [3.8, 4) is 0 Å². The molecule has 0 fully saturated rings. The molecule has 0 spiro atoms. The Hall–Kier alpha value is -0.800. The third kappa shape index (κ3) is 1.83. The summed E-state index contributed by atoms with van der Waals surface area (Å²) >= 11 is 0. The van der Waals surface area contributed by atoms with Gasteiger partial charge in [0, 0.05) is 6.08 Å². The van der Waals surface area contributed by atoms with Gasteiger partial charge in [-0.25, -0.2) is 17.6 Å². The van der Waals surface area contributed by atoms with Crippen LogP contribution in [0.1, 0.15) is 20.8 Å². The Bertz CT molecular complexity index is 296. The van der Waals surface area contributed by atoms with Gasteiger partial charge in [-0.2, -0.15) is 0 Å². The van der Waals surface area contributed by atoms with E-state index in [1.807, 2.05) is 0 Å². The molecule has 0 saturated carbocycles. The van der Waals surface area contributed by atoms with Crippen molar-refractivity contribution in [3.63, 3.8) is 0 Å². The fraction of sp³-hybridized carbons (Fsp3) is 0.600. The van der Waals surface area contributed by atoms with Gasteiger partial charge in [-0.15, -0.1) is 0 Å². The lowest BCUT2D eigenvalue weighted by atomic mass is 9.75. The quantitative estimate of drug-likeness (QED) is 0.528. The molecular formula is C10H12F4. The van der Waals surface area contributed by atoms with E-state index in [1.54, 1.807) is 0 Å². The predicted molar refractivity (Wildman–Crippen MR) is 46.3 cm³/mol. The molecule has 1 aliphatic carbocycles. The standard InChI is InChI=1S/C10H12F4/c1-10(2,3)7-8(13)5(11)4-6(12)9(7)14/h4,7-8H,1-3H3. The fourth-order valence-electron chi connectivity index (χ4n) is 1.53. The highest BCUT2D eigenvalue weighted by molar-refractivity contribution is 5.29. The average Bonchev–Trinajstić information content (AvgIpc) is 1.98. The Labute approximate surface area is 80.3 Å². The first kappa shape index (κ1) is 11.3. The van der Waals surface area contributed by atoms with Crippen LogP contribution in [-0.2, 0) is 0 Å². The van der Waals surface area contributed by atoms with Crippen LogP contribution in [-0.4, -0.2) is 6.17 Å². The Balaban J connectivity index is 3.15. The number of hydrogen-bond donors (Lipinski definition) is 0. The fourth-order valence-corrected chi connectivity index (χ4v) is 1.53. The minimum atomic E-state index is -2.09. The lowest BCUT2D eigenvalue weighted by Crippen LogP contribution is -2.32. The molecule has 0 amide bonds. The first-order valence-electron chi connectivity index (χ1n) is 4.31. The molecule has 0 aromatic heterocycles. The van der Waals surface area contributed by atoms with Gasteiger partial charge in [0.2, 0.25) is 0 Å². The molecule has 14 heavy (non-hydrogen) atoms. The van der Waals surface area contributed by atoms with Crippen LogP contribution < -0.4 is 0 Å². The molecule has 2 atom stereocenters. The van der Waals surface area contributed by atoms with Crippen LogP contribution in [0.25, 0.3) is 0 Å². The molecule has 1 rings (SSSR count). The summed E-state index contributed by atoms with van der Waals surface area (Å²) in [6.45, 7) is 4.61. The molecule has 0 aromatic rings. The van der Waals surface area contributed by atoms with Gasteiger partial charge in [-0.05, 0) is 5.41 Å². The molecular weight excluding hydrogens is 196 g/mol. The van der Waals surface area contributed by atoms with E-state index in [9.17, 15) is 17.6 Å². The largest absolute Gasteiger partial charge is 0.239 e. The predicted octanol–water partition coefficient (Wildman–Crippen LogP) is 4.00. The van der Waals surface area contributed by atoms with Gasteiger partial charge in [0.05, 0.1) is 5.92 Å². The third-order valence-electron chi connectivity index (χ3n) is 2.25. The van der Waals surface area contributed by atoms with Gasteiger partial charge in [0.15, 0.2) is 12.0 Å². The Morgan fingerprint density at radius 2 is 1.64 bits per heavy atom. The van der Waals surface area contributed by atoms with E-state index < -0.39 is 35.0 Å². The van der Waals surface area contributed by atoms with Crippen molar-refractivity contribution < 1.29 is 17.6 Å². The molecule has 4 heteroatoms. The minimum absolute atomic E-state index is 0.266. The van der Waals surface area contributed by atoms with Gasteiger partial charge in [0.25, 0.3) is 0 Å². The maximum absolute atomic E-state index is 13.3. The smallest absolute Gasteiger partial charge is 0.161 e. The number of rotatable bonds is 0. The van der Waals surface area contributed by atoms with Crippen LogP contribution in [0.3, 0.4) is 0 Å². The molecule has 1 aliphatic rings. The number of hydrogen-bond acceptors (Lipinski definition) is 0. The van der Waals surface area contributed by atoms with Crippen LogP contribution in [0.5, 0.6) is 0 Å². The average molecular weight is 208 g/mol. The Kier molecular flexibility index (Phi) is 2.74. The van der Waals surface area contributed by atoms with Gasteiger partial charge in [-0.3, -0.25) is 0 Å². The maximum Gasteiger partial charge on any atom is 0.161 e. The van der Waals surface area contributed by atoms with Gasteiger partial charge in [-0.1, -0.05) is 20.8 Å². The summed E-state index contributed by atoms with van der Waals surface area (Å²) in [6, 6.07) is 0. The summed E-state index contributed by atoms with van der Waals surface area (Å²) in [5, 5.41) is 0. The highest BCUT2D eigenvalue weighted by atomic mass is 19.2. The van der Waals surface area contributed by atoms with E-state index in [2.05, 4.69) is 0 Å². The molecule has 80 valence electrons. The van der Waals surface area contributed by atoms with Crippen molar-refractivity contribution in [2.75, 3.05) is 0 Å². The zero-order valence-electron chi connectivity index (χ0n) is 8.24. The van der Waals surface area contributed by atoms with E-state index in [0.717, 1.165) is 0 Å². The van der Waals surface area contributed by atoms with E-state index in [0.29, 0.717) is 0 Å². The number of alkyl halides is 1. The molecule has 0 radical (unpaired) electrons. The SMILES string of the molecule is CC(C)(C)C1C(F)=C(F)C=C(F)C1F. The van der Waals surface area contributed by atoms with Crippen molar-refractivity contribution in [2.45, 2.75) is 26.9 Å². The summed E-state index contributed by atoms with van der Waals surface area (Å²) < 4.78 is 52.1. The monoisotopic (exact) mass is 208 g/mol. The van der Waals surface area contributed by atoms with Crippen molar-refractivity contribution in [3.05, 3.63) is 23.6 Å². The van der Waals surface area contributed by atoms with Crippen LogP contribution in [0.2, 0.25) is 0 Å². The highest BCUT2D eigenvalue weighted by Gasteiger charge is 2.42. The van der Waals surface area contributed by atoms with Crippen LogP contribution in [0, 0.1) is 11.3 Å². The third-order valence-corrected chi connectivity index (χ3v) is 2.25. The summed E-state index contributed by atoms with van der Waals surface area (Å²) in [7, 11) is 0. The van der Waals surface area contributed by atoms with E-state index in [1.165, 1.54) is 20.8 Å². The van der Waals surface area contributed by atoms with Gasteiger partial charge >= 0.3 is 0 Å². The van der Waals surface area contributed by atoms with Crippen molar-refractivity contribution in [1.29, 1.82) is 0 Å². The molecule has 0 saturated heterocycles. The van der Waals surface area contributed by atoms with E-state index >= 15 is 0 Å². The molecule has 0 bridgehead atoms. The summed E-state index contributed by atoms with van der Waals surface area (Å²) in [5.41, 5.74) is -0.855. The van der Waals surface area contributed by atoms with Crippen LogP contribution in [0.15, 0.2) is 23.6 Å². The number of allylic oxidation sites excluding steroid dienone is 4. The van der Waals surface area contributed by atoms with Crippen LogP contribution in [0.4, 0.5) is 17.6 Å².